The normalized spacial score (nSPS) is 13.3. The van der Waals surface area contributed by atoms with E-state index >= 15 is 0 Å². The minimum atomic E-state index is 0.124. The van der Waals surface area contributed by atoms with Gasteiger partial charge in [0, 0.05) is 24.5 Å². The van der Waals surface area contributed by atoms with Gasteiger partial charge in [0.2, 0.25) is 5.95 Å². The van der Waals surface area contributed by atoms with E-state index in [1.165, 1.54) is 0 Å². The van der Waals surface area contributed by atoms with Crippen molar-refractivity contribution in [1.82, 2.24) is 9.97 Å². The highest BCUT2D eigenvalue weighted by atomic mass is 16.5. The summed E-state index contributed by atoms with van der Waals surface area (Å²) in [5, 5.41) is 10.8. The fourth-order valence-electron chi connectivity index (χ4n) is 3.52. The Bertz CT molecular complexity index is 1050. The second kappa shape index (κ2) is 6.95. The molecule has 3 aromatic rings. The topological polar surface area (TPSA) is 103 Å². The van der Waals surface area contributed by atoms with Crippen LogP contribution in [-0.2, 0) is 13.0 Å². The molecule has 0 spiro atoms. The Hall–Kier alpha value is -3.42. The predicted octanol–water partition coefficient (Wildman–Crippen LogP) is 2.51. The zero-order valence-electron chi connectivity index (χ0n) is 16.0. The third-order valence-electron chi connectivity index (χ3n) is 5.01. The van der Waals surface area contributed by atoms with Gasteiger partial charge < -0.3 is 30.0 Å². The first-order valence-corrected chi connectivity index (χ1v) is 8.87. The van der Waals surface area contributed by atoms with Crippen molar-refractivity contribution in [3.8, 4) is 23.0 Å². The molecule has 28 heavy (non-hydrogen) atoms. The molecule has 0 saturated carbocycles. The van der Waals surface area contributed by atoms with Crippen molar-refractivity contribution in [2.45, 2.75) is 13.0 Å². The van der Waals surface area contributed by atoms with Crippen LogP contribution in [0.1, 0.15) is 11.1 Å². The highest BCUT2D eigenvalue weighted by molar-refractivity contribution is 5.91. The molecule has 8 heteroatoms. The number of aromatic nitrogens is 2. The van der Waals surface area contributed by atoms with Crippen LogP contribution in [0.15, 0.2) is 24.3 Å². The van der Waals surface area contributed by atoms with Gasteiger partial charge >= 0.3 is 0 Å². The second-order valence-corrected chi connectivity index (χ2v) is 6.60. The van der Waals surface area contributed by atoms with E-state index in [0.29, 0.717) is 46.5 Å². The Morgan fingerprint density at radius 2 is 1.64 bits per heavy atom. The van der Waals surface area contributed by atoms with Gasteiger partial charge in [0.1, 0.15) is 5.82 Å². The number of methoxy groups -OCH3 is 3. The number of phenolic OH excluding ortho intramolecular Hbond substituents is 1. The number of anilines is 2. The fourth-order valence-corrected chi connectivity index (χ4v) is 3.52. The van der Waals surface area contributed by atoms with Gasteiger partial charge in [-0.05, 0) is 35.7 Å². The number of nitrogens with zero attached hydrogens (tertiary/aromatic N) is 3. The zero-order valence-corrected chi connectivity index (χ0v) is 16.0. The molecule has 2 heterocycles. The molecule has 0 bridgehead atoms. The molecule has 0 unspecified atom stereocenters. The summed E-state index contributed by atoms with van der Waals surface area (Å²) in [5.41, 5.74) is 9.05. The van der Waals surface area contributed by atoms with E-state index in [2.05, 4.69) is 9.97 Å². The number of rotatable bonds is 4. The predicted molar refractivity (Wildman–Crippen MR) is 106 cm³/mol. The van der Waals surface area contributed by atoms with E-state index in [4.69, 9.17) is 19.9 Å². The molecule has 4 rings (SSSR count). The molecule has 1 aromatic heterocycles. The van der Waals surface area contributed by atoms with Crippen molar-refractivity contribution in [3.63, 3.8) is 0 Å². The van der Waals surface area contributed by atoms with Crippen molar-refractivity contribution < 1.29 is 19.3 Å². The number of nitrogen functional groups attached to an aromatic ring is 1. The summed E-state index contributed by atoms with van der Waals surface area (Å²) < 4.78 is 15.9. The molecule has 0 atom stereocenters. The highest BCUT2D eigenvalue weighted by Crippen LogP contribution is 2.36. The summed E-state index contributed by atoms with van der Waals surface area (Å²) in [6.45, 7) is 1.31. The SMILES string of the molecule is COc1cc2c(cc1O)CN(c1nc(N)c3cc(OC)c(OC)cc3n1)CC2. The monoisotopic (exact) mass is 382 g/mol. The van der Waals surface area contributed by atoms with Crippen LogP contribution in [0.25, 0.3) is 10.9 Å². The van der Waals surface area contributed by atoms with Crippen LogP contribution in [0.5, 0.6) is 23.0 Å². The van der Waals surface area contributed by atoms with Gasteiger partial charge in [-0.3, -0.25) is 0 Å². The molecule has 2 aromatic carbocycles. The number of hydrogen-bond acceptors (Lipinski definition) is 8. The van der Waals surface area contributed by atoms with Crippen LogP contribution < -0.4 is 24.8 Å². The van der Waals surface area contributed by atoms with Crippen LogP contribution in [0.3, 0.4) is 0 Å². The maximum atomic E-state index is 10.1. The van der Waals surface area contributed by atoms with Gasteiger partial charge in [0.05, 0.1) is 26.8 Å². The maximum absolute atomic E-state index is 10.1. The second-order valence-electron chi connectivity index (χ2n) is 6.60. The first-order chi connectivity index (χ1) is 13.5. The summed E-state index contributed by atoms with van der Waals surface area (Å²) in [6.07, 6.45) is 0.791. The Morgan fingerprint density at radius 1 is 0.929 bits per heavy atom. The van der Waals surface area contributed by atoms with E-state index in [1.807, 2.05) is 11.0 Å². The summed E-state index contributed by atoms with van der Waals surface area (Å²) in [4.78, 5) is 11.2. The van der Waals surface area contributed by atoms with Crippen LogP contribution in [0.4, 0.5) is 11.8 Å². The highest BCUT2D eigenvalue weighted by Gasteiger charge is 2.22. The lowest BCUT2D eigenvalue weighted by molar-refractivity contribution is 0.356. The smallest absolute Gasteiger partial charge is 0.228 e. The van der Waals surface area contributed by atoms with Crippen molar-refractivity contribution in [3.05, 3.63) is 35.4 Å². The minimum absolute atomic E-state index is 0.124. The van der Waals surface area contributed by atoms with Crippen LogP contribution in [-0.4, -0.2) is 42.9 Å². The quantitative estimate of drug-likeness (QED) is 0.709. The Morgan fingerprint density at radius 3 is 2.36 bits per heavy atom. The summed E-state index contributed by atoms with van der Waals surface area (Å²) in [5.74, 6) is 2.69. The third kappa shape index (κ3) is 2.96. The third-order valence-corrected chi connectivity index (χ3v) is 5.01. The molecule has 1 aliphatic heterocycles. The Kier molecular flexibility index (Phi) is 4.46. The number of ether oxygens (including phenoxy) is 3. The molecule has 8 nitrogen and oxygen atoms in total. The lowest BCUT2D eigenvalue weighted by atomic mass is 9.99. The van der Waals surface area contributed by atoms with Crippen molar-refractivity contribution in [2.75, 3.05) is 38.5 Å². The van der Waals surface area contributed by atoms with E-state index in [-0.39, 0.29) is 5.75 Å². The van der Waals surface area contributed by atoms with E-state index < -0.39 is 0 Å². The van der Waals surface area contributed by atoms with Crippen LogP contribution in [0, 0.1) is 0 Å². The van der Waals surface area contributed by atoms with Gasteiger partial charge in [-0.25, -0.2) is 4.98 Å². The first kappa shape index (κ1) is 18.0. The zero-order chi connectivity index (χ0) is 19.8. The van der Waals surface area contributed by atoms with E-state index in [0.717, 1.165) is 24.1 Å². The molecule has 146 valence electrons. The molecule has 0 saturated heterocycles. The Labute approximate surface area is 162 Å². The first-order valence-electron chi connectivity index (χ1n) is 8.87. The average molecular weight is 382 g/mol. The number of fused-ring (bicyclic) bond motifs is 2. The van der Waals surface area contributed by atoms with Gasteiger partial charge in [0.25, 0.3) is 0 Å². The van der Waals surface area contributed by atoms with Gasteiger partial charge in [-0.2, -0.15) is 4.98 Å². The number of aromatic hydroxyl groups is 1. The summed E-state index contributed by atoms with van der Waals surface area (Å²) in [7, 11) is 4.70. The molecule has 0 radical (unpaired) electrons. The Balaban J connectivity index is 1.72. The molecule has 0 amide bonds. The fraction of sp³-hybridized carbons (Fsp3) is 0.300. The average Bonchev–Trinajstić information content (AvgIpc) is 2.71. The number of phenols is 1. The van der Waals surface area contributed by atoms with Crippen molar-refractivity contribution >= 4 is 22.7 Å². The maximum Gasteiger partial charge on any atom is 0.228 e. The van der Waals surface area contributed by atoms with Crippen LogP contribution in [0.2, 0.25) is 0 Å². The molecule has 0 aliphatic carbocycles. The van der Waals surface area contributed by atoms with E-state index in [9.17, 15) is 5.11 Å². The summed E-state index contributed by atoms with van der Waals surface area (Å²) in [6, 6.07) is 7.20. The lowest BCUT2D eigenvalue weighted by Crippen LogP contribution is -2.32. The number of hydrogen-bond donors (Lipinski definition) is 2. The molecule has 0 fully saturated rings. The van der Waals surface area contributed by atoms with Gasteiger partial charge in [-0.15, -0.1) is 0 Å². The van der Waals surface area contributed by atoms with Crippen molar-refractivity contribution in [1.29, 1.82) is 0 Å². The van der Waals surface area contributed by atoms with Gasteiger partial charge in [0.15, 0.2) is 23.0 Å². The standard InChI is InChI=1S/C20H22N4O4/c1-26-16-7-11-4-5-24(10-12(11)6-15(16)25)20-22-14-9-18(28-3)17(27-2)8-13(14)19(21)23-20/h6-9,25H,4-5,10H2,1-3H3,(H2,21,22,23). The lowest BCUT2D eigenvalue weighted by Gasteiger charge is -2.29. The minimum Gasteiger partial charge on any atom is -0.504 e. The van der Waals surface area contributed by atoms with Crippen molar-refractivity contribution in [2.24, 2.45) is 0 Å². The molecular formula is C20H22N4O4. The largest absolute Gasteiger partial charge is 0.504 e. The van der Waals surface area contributed by atoms with E-state index in [1.54, 1.807) is 39.5 Å². The number of benzene rings is 2. The van der Waals surface area contributed by atoms with Gasteiger partial charge in [-0.1, -0.05) is 0 Å². The molecular weight excluding hydrogens is 360 g/mol. The molecule has 3 N–H and O–H groups in total. The number of nitrogens with two attached hydrogens (primary N) is 1. The molecule has 1 aliphatic rings. The van der Waals surface area contributed by atoms with Crippen LogP contribution >= 0.6 is 0 Å². The summed E-state index contributed by atoms with van der Waals surface area (Å²) >= 11 is 0.